The lowest BCUT2D eigenvalue weighted by Gasteiger charge is -2.35. The Morgan fingerprint density at radius 3 is 2.38 bits per heavy atom. The van der Waals surface area contributed by atoms with E-state index in [0.717, 1.165) is 43.5 Å². The van der Waals surface area contributed by atoms with Crippen molar-refractivity contribution >= 4 is 29.0 Å². The summed E-state index contributed by atoms with van der Waals surface area (Å²) in [7, 11) is 0. The first-order chi connectivity index (χ1) is 11.7. The molecule has 0 spiro atoms. The molecule has 6 nitrogen and oxygen atoms in total. The molecule has 128 valence electrons. The third-order valence-corrected chi connectivity index (χ3v) is 5.10. The highest BCUT2D eigenvalue weighted by molar-refractivity contribution is 8.18. The lowest BCUT2D eigenvalue weighted by molar-refractivity contribution is -0.124. The van der Waals surface area contributed by atoms with Crippen molar-refractivity contribution in [3.63, 3.8) is 0 Å². The molecule has 1 aromatic rings. The number of thioether (sulfide) groups is 1. The highest BCUT2D eigenvalue weighted by Gasteiger charge is 2.36. The normalized spacial score (nSPS) is 21.9. The summed E-state index contributed by atoms with van der Waals surface area (Å²) in [6.07, 6.45) is 1.77. The smallest absolute Gasteiger partial charge is 0.294 e. The summed E-state index contributed by atoms with van der Waals surface area (Å²) in [5, 5.41) is 8.76. The first-order valence-corrected chi connectivity index (χ1v) is 8.85. The summed E-state index contributed by atoms with van der Waals surface area (Å²) in [5.41, 5.74) is 0.917. The van der Waals surface area contributed by atoms with E-state index in [0.29, 0.717) is 18.1 Å². The van der Waals surface area contributed by atoms with E-state index in [-0.39, 0.29) is 17.8 Å². The van der Waals surface area contributed by atoms with Gasteiger partial charge in [-0.15, -0.1) is 0 Å². The minimum absolute atomic E-state index is 0.160. The largest absolute Gasteiger partial charge is 0.395 e. The molecule has 2 amide bonds. The van der Waals surface area contributed by atoms with Gasteiger partial charge in [0.1, 0.15) is 0 Å². The van der Waals surface area contributed by atoms with Gasteiger partial charge in [-0.05, 0) is 23.4 Å². The fourth-order valence-electron chi connectivity index (χ4n) is 2.82. The third kappa shape index (κ3) is 4.05. The zero-order valence-electron chi connectivity index (χ0n) is 13.4. The number of aliphatic hydroxyl groups excluding tert-OH is 1. The van der Waals surface area contributed by atoms with Crippen molar-refractivity contribution in [2.45, 2.75) is 0 Å². The molecule has 0 aromatic heterocycles. The number of hydrogen-bond donors (Lipinski definition) is 1. The van der Waals surface area contributed by atoms with Crippen LogP contribution in [0.15, 0.2) is 35.2 Å². The maximum absolute atomic E-state index is 12.5. The van der Waals surface area contributed by atoms with Crippen molar-refractivity contribution < 1.29 is 14.7 Å². The van der Waals surface area contributed by atoms with E-state index < -0.39 is 0 Å². The summed E-state index contributed by atoms with van der Waals surface area (Å²) in [4.78, 5) is 30.8. The molecule has 1 aromatic carbocycles. The second kappa shape index (κ2) is 7.94. The number of hydrogen-bond acceptors (Lipinski definition) is 6. The second-order valence-corrected chi connectivity index (χ2v) is 6.84. The van der Waals surface area contributed by atoms with Crippen LogP contribution in [-0.2, 0) is 4.79 Å². The van der Waals surface area contributed by atoms with Gasteiger partial charge in [-0.2, -0.15) is 0 Å². The van der Waals surface area contributed by atoms with Gasteiger partial charge in [0.05, 0.1) is 18.2 Å². The van der Waals surface area contributed by atoms with E-state index in [1.165, 1.54) is 4.90 Å². The van der Waals surface area contributed by atoms with E-state index in [9.17, 15) is 9.59 Å². The first-order valence-electron chi connectivity index (χ1n) is 8.03. The van der Waals surface area contributed by atoms with Crippen LogP contribution in [0, 0.1) is 0 Å². The Hall–Kier alpha value is -1.67. The standard InChI is InChI=1S/C17H21N3O3S/c21-11-10-18-6-8-19(9-7-18)13-20-16(22)15(24-17(20)23)12-14-4-2-1-3-5-14/h1-5,12,21H,6-11,13H2. The number of piperazine rings is 1. The van der Waals surface area contributed by atoms with Crippen molar-refractivity contribution in [3.05, 3.63) is 40.8 Å². The summed E-state index contributed by atoms with van der Waals surface area (Å²) in [6.45, 7) is 4.44. The van der Waals surface area contributed by atoms with E-state index in [2.05, 4.69) is 9.80 Å². The highest BCUT2D eigenvalue weighted by atomic mass is 32.2. The van der Waals surface area contributed by atoms with Crippen molar-refractivity contribution in [1.29, 1.82) is 0 Å². The lowest BCUT2D eigenvalue weighted by Crippen LogP contribution is -2.51. The number of carbonyl (C=O) groups excluding carboxylic acids is 2. The van der Waals surface area contributed by atoms with Crippen LogP contribution in [0.3, 0.4) is 0 Å². The summed E-state index contributed by atoms with van der Waals surface area (Å²) < 4.78 is 0. The van der Waals surface area contributed by atoms with Crippen molar-refractivity contribution in [1.82, 2.24) is 14.7 Å². The molecule has 2 aliphatic rings. The summed E-state index contributed by atoms with van der Waals surface area (Å²) >= 11 is 1.00. The van der Waals surface area contributed by atoms with Crippen molar-refractivity contribution in [2.24, 2.45) is 0 Å². The minimum Gasteiger partial charge on any atom is -0.395 e. The summed E-state index contributed by atoms with van der Waals surface area (Å²) in [5.74, 6) is -0.216. The van der Waals surface area contributed by atoms with Gasteiger partial charge in [0.15, 0.2) is 0 Å². The molecule has 24 heavy (non-hydrogen) atoms. The van der Waals surface area contributed by atoms with E-state index in [1.807, 2.05) is 30.3 Å². The number of amides is 2. The van der Waals surface area contributed by atoms with E-state index in [4.69, 9.17) is 5.11 Å². The number of nitrogens with zero attached hydrogens (tertiary/aromatic N) is 3. The molecule has 2 aliphatic heterocycles. The van der Waals surface area contributed by atoms with Crippen molar-refractivity contribution in [3.8, 4) is 0 Å². The maximum atomic E-state index is 12.5. The molecule has 0 bridgehead atoms. The van der Waals surface area contributed by atoms with Crippen LogP contribution in [-0.4, -0.2) is 77.0 Å². The van der Waals surface area contributed by atoms with Crippen LogP contribution < -0.4 is 0 Å². The molecule has 1 N–H and O–H groups in total. The molecule has 2 fully saturated rings. The molecule has 0 radical (unpaired) electrons. The van der Waals surface area contributed by atoms with Crippen LogP contribution >= 0.6 is 11.8 Å². The number of benzene rings is 1. The average Bonchev–Trinajstić information content (AvgIpc) is 2.85. The Labute approximate surface area is 145 Å². The molecule has 0 aliphatic carbocycles. The van der Waals surface area contributed by atoms with Gasteiger partial charge < -0.3 is 5.11 Å². The third-order valence-electron chi connectivity index (χ3n) is 4.19. The van der Waals surface area contributed by atoms with Gasteiger partial charge in [-0.25, -0.2) is 0 Å². The molecular formula is C17H21N3O3S. The van der Waals surface area contributed by atoms with Crippen LogP contribution in [0.1, 0.15) is 5.56 Å². The van der Waals surface area contributed by atoms with E-state index >= 15 is 0 Å². The van der Waals surface area contributed by atoms with Crippen LogP contribution in [0.4, 0.5) is 4.79 Å². The van der Waals surface area contributed by atoms with Crippen LogP contribution in [0.25, 0.3) is 6.08 Å². The SMILES string of the molecule is O=C1SC(=Cc2ccccc2)C(=O)N1CN1CCN(CCO)CC1. The number of rotatable bonds is 5. The molecule has 7 heteroatoms. The maximum Gasteiger partial charge on any atom is 0.294 e. The van der Waals surface area contributed by atoms with Gasteiger partial charge in [0.25, 0.3) is 11.1 Å². The number of β-amino-alcohol motifs (C(OH)–C–C–N with tert-alkyl or cyclic N) is 1. The lowest BCUT2D eigenvalue weighted by atomic mass is 10.2. The second-order valence-electron chi connectivity index (χ2n) is 5.85. The predicted octanol–water partition coefficient (Wildman–Crippen LogP) is 1.29. The Kier molecular flexibility index (Phi) is 5.68. The summed E-state index contributed by atoms with van der Waals surface area (Å²) in [6, 6.07) is 9.55. The fraction of sp³-hybridized carbons (Fsp3) is 0.412. The molecule has 2 saturated heterocycles. The van der Waals surface area contributed by atoms with Gasteiger partial charge in [0, 0.05) is 32.7 Å². The van der Waals surface area contributed by atoms with Crippen LogP contribution in [0.5, 0.6) is 0 Å². The van der Waals surface area contributed by atoms with Gasteiger partial charge in [-0.1, -0.05) is 30.3 Å². The monoisotopic (exact) mass is 347 g/mol. The van der Waals surface area contributed by atoms with Gasteiger partial charge >= 0.3 is 0 Å². The average molecular weight is 347 g/mol. The molecule has 0 atom stereocenters. The van der Waals surface area contributed by atoms with Gasteiger partial charge in [-0.3, -0.25) is 24.3 Å². The molecule has 0 saturated carbocycles. The number of imide groups is 1. The number of carbonyl (C=O) groups is 2. The first kappa shape index (κ1) is 17.2. The Bertz CT molecular complexity index is 627. The topological polar surface area (TPSA) is 64.1 Å². The molecular weight excluding hydrogens is 326 g/mol. The predicted molar refractivity (Wildman–Crippen MR) is 94.2 cm³/mol. The fourth-order valence-corrected chi connectivity index (χ4v) is 3.65. The zero-order valence-corrected chi connectivity index (χ0v) is 14.2. The van der Waals surface area contributed by atoms with E-state index in [1.54, 1.807) is 6.08 Å². The Morgan fingerprint density at radius 1 is 1.04 bits per heavy atom. The molecule has 0 unspecified atom stereocenters. The van der Waals surface area contributed by atoms with Crippen LogP contribution in [0.2, 0.25) is 0 Å². The zero-order chi connectivity index (χ0) is 16.9. The highest BCUT2D eigenvalue weighted by Crippen LogP contribution is 2.32. The number of aliphatic hydroxyl groups is 1. The molecule has 3 rings (SSSR count). The Balaban J connectivity index is 1.60. The Morgan fingerprint density at radius 2 is 1.71 bits per heavy atom. The van der Waals surface area contributed by atoms with Gasteiger partial charge in [0.2, 0.25) is 0 Å². The quantitative estimate of drug-likeness (QED) is 0.810. The minimum atomic E-state index is -0.216. The molecule has 2 heterocycles. The van der Waals surface area contributed by atoms with Crippen molar-refractivity contribution in [2.75, 3.05) is 46.0 Å².